The third-order valence-electron chi connectivity index (χ3n) is 9.05. The lowest BCUT2D eigenvalue weighted by Crippen LogP contribution is -2.54. The number of methoxy groups -OCH3 is 1. The van der Waals surface area contributed by atoms with E-state index < -0.39 is 41.9 Å². The standard InChI is InChI=1S/C41H50ClN3O8/c1-4-6-7-8-9-10-11-12-13-17-27-53-40(49)32-21-18-22-33(28-32)45(42)37(47)35(36(46)31-23-25-34(51-3)26-24-31)44-38(48)39(52-5-2)43(41(44)50)29-30-19-15-14-16-20-30/h14-16,18-26,28,35,39H,4-13,17,27,29H2,1-3H3. The number of rotatable bonds is 22. The van der Waals surface area contributed by atoms with E-state index in [0.29, 0.717) is 20.6 Å². The molecule has 12 heteroatoms. The van der Waals surface area contributed by atoms with Crippen LogP contribution < -0.4 is 9.16 Å². The van der Waals surface area contributed by atoms with Crippen LogP contribution in [0.15, 0.2) is 78.9 Å². The average molecular weight is 748 g/mol. The largest absolute Gasteiger partial charge is 0.497 e. The molecule has 1 fully saturated rings. The molecule has 0 aromatic heterocycles. The Hall–Kier alpha value is -4.74. The predicted molar refractivity (Wildman–Crippen MR) is 203 cm³/mol. The SMILES string of the molecule is CCCCCCCCCCCCOC(=O)c1cccc(N(Cl)C(=O)C(C(=O)c2ccc(OC)cc2)N2C(=O)C(OCC)N(Cc3ccccc3)C2=O)c1. The minimum absolute atomic E-state index is 0.0158. The lowest BCUT2D eigenvalue weighted by Gasteiger charge is -2.27. The zero-order valence-corrected chi connectivity index (χ0v) is 31.6. The van der Waals surface area contributed by atoms with Crippen molar-refractivity contribution in [3.8, 4) is 5.75 Å². The van der Waals surface area contributed by atoms with E-state index in [1.807, 2.05) is 6.07 Å². The van der Waals surface area contributed by atoms with E-state index in [0.717, 1.165) is 25.7 Å². The van der Waals surface area contributed by atoms with Crippen LogP contribution in [0.2, 0.25) is 0 Å². The summed E-state index contributed by atoms with van der Waals surface area (Å²) >= 11 is 6.63. The fourth-order valence-electron chi connectivity index (χ4n) is 6.15. The molecular formula is C41H50ClN3O8. The number of Topliss-reactive ketones (excluding diaryl/α,β-unsaturated/α-hetero) is 1. The number of nitrogens with zero attached hydrogens (tertiary/aromatic N) is 3. The summed E-state index contributed by atoms with van der Waals surface area (Å²) in [6.07, 6.45) is 10.1. The summed E-state index contributed by atoms with van der Waals surface area (Å²) in [5.41, 5.74) is 0.929. The maximum absolute atomic E-state index is 14.3. The number of esters is 1. The van der Waals surface area contributed by atoms with Gasteiger partial charge in [-0.25, -0.2) is 18.9 Å². The van der Waals surface area contributed by atoms with Crippen molar-refractivity contribution in [2.75, 3.05) is 24.7 Å². The van der Waals surface area contributed by atoms with Crippen LogP contribution in [-0.4, -0.2) is 72.0 Å². The van der Waals surface area contributed by atoms with Crippen molar-refractivity contribution in [2.45, 2.75) is 96.9 Å². The summed E-state index contributed by atoms with van der Waals surface area (Å²) in [4.78, 5) is 71.2. The Kier molecular flexibility index (Phi) is 16.3. The fourth-order valence-corrected chi connectivity index (χ4v) is 6.35. The molecule has 0 aliphatic carbocycles. The average Bonchev–Trinajstić information content (AvgIpc) is 3.40. The second-order valence-electron chi connectivity index (χ2n) is 12.9. The second-order valence-corrected chi connectivity index (χ2v) is 13.2. The first-order valence-corrected chi connectivity index (χ1v) is 18.8. The van der Waals surface area contributed by atoms with Gasteiger partial charge in [-0.1, -0.05) is 101 Å². The topological polar surface area (TPSA) is 123 Å². The van der Waals surface area contributed by atoms with E-state index in [9.17, 15) is 24.0 Å². The van der Waals surface area contributed by atoms with Crippen molar-refractivity contribution in [2.24, 2.45) is 0 Å². The molecule has 1 heterocycles. The van der Waals surface area contributed by atoms with E-state index in [1.54, 1.807) is 31.2 Å². The molecule has 53 heavy (non-hydrogen) atoms. The van der Waals surface area contributed by atoms with Crippen LogP contribution >= 0.6 is 11.8 Å². The highest BCUT2D eigenvalue weighted by Crippen LogP contribution is 2.29. The van der Waals surface area contributed by atoms with Crippen molar-refractivity contribution in [1.82, 2.24) is 9.80 Å². The first-order valence-electron chi connectivity index (χ1n) is 18.5. The molecule has 1 aliphatic heterocycles. The van der Waals surface area contributed by atoms with Crippen LogP contribution in [0, 0.1) is 0 Å². The predicted octanol–water partition coefficient (Wildman–Crippen LogP) is 8.34. The van der Waals surface area contributed by atoms with E-state index in [2.05, 4.69) is 6.92 Å². The number of benzene rings is 3. The molecule has 0 radical (unpaired) electrons. The molecule has 1 aliphatic rings. The zero-order chi connectivity index (χ0) is 38.2. The number of anilines is 1. The molecular weight excluding hydrogens is 698 g/mol. The van der Waals surface area contributed by atoms with Crippen molar-refractivity contribution in [3.63, 3.8) is 0 Å². The van der Waals surface area contributed by atoms with Gasteiger partial charge >= 0.3 is 12.0 Å². The number of ketones is 1. The van der Waals surface area contributed by atoms with Crippen LogP contribution in [0.1, 0.15) is 104 Å². The van der Waals surface area contributed by atoms with Crippen molar-refractivity contribution >= 4 is 47.1 Å². The van der Waals surface area contributed by atoms with Gasteiger partial charge in [0, 0.05) is 23.9 Å². The number of hydrogen-bond acceptors (Lipinski definition) is 8. The highest BCUT2D eigenvalue weighted by atomic mass is 35.5. The summed E-state index contributed by atoms with van der Waals surface area (Å²) in [6, 6.07) is 17.8. The van der Waals surface area contributed by atoms with Crippen LogP contribution in [0.4, 0.5) is 10.5 Å². The summed E-state index contributed by atoms with van der Waals surface area (Å²) in [6.45, 7) is 4.20. The molecule has 3 aromatic rings. The Bertz CT molecular complexity index is 1670. The monoisotopic (exact) mass is 747 g/mol. The maximum Gasteiger partial charge on any atom is 0.338 e. The molecule has 2 unspecified atom stereocenters. The number of amides is 4. The van der Waals surface area contributed by atoms with Gasteiger partial charge in [0.2, 0.25) is 6.23 Å². The molecule has 1 saturated heterocycles. The lowest BCUT2D eigenvalue weighted by molar-refractivity contribution is -0.144. The quantitative estimate of drug-likeness (QED) is 0.0251. The van der Waals surface area contributed by atoms with Gasteiger partial charge in [0.1, 0.15) is 5.75 Å². The van der Waals surface area contributed by atoms with Crippen molar-refractivity contribution < 1.29 is 38.2 Å². The maximum atomic E-state index is 14.3. The van der Waals surface area contributed by atoms with E-state index in [1.165, 1.54) is 99.1 Å². The van der Waals surface area contributed by atoms with Gasteiger partial charge in [-0.15, -0.1) is 0 Å². The van der Waals surface area contributed by atoms with Gasteiger partial charge in [0.25, 0.3) is 11.8 Å². The molecule has 4 amide bonds. The first-order chi connectivity index (χ1) is 25.7. The Morgan fingerprint density at radius 1 is 0.792 bits per heavy atom. The highest BCUT2D eigenvalue weighted by Gasteiger charge is 2.53. The number of urea groups is 1. The summed E-state index contributed by atoms with van der Waals surface area (Å²) in [5.74, 6) is -2.95. The highest BCUT2D eigenvalue weighted by molar-refractivity contribution is 6.40. The smallest absolute Gasteiger partial charge is 0.338 e. The third-order valence-corrected chi connectivity index (χ3v) is 9.41. The molecule has 0 saturated carbocycles. The van der Waals surface area contributed by atoms with Gasteiger partial charge in [0.05, 0.1) is 31.5 Å². The Balaban J connectivity index is 1.50. The first kappa shape index (κ1) is 41.0. The van der Waals surface area contributed by atoms with Gasteiger partial charge in [-0.2, -0.15) is 0 Å². The Morgan fingerprint density at radius 2 is 1.43 bits per heavy atom. The van der Waals surface area contributed by atoms with Crippen LogP contribution in [0.5, 0.6) is 5.75 Å². The molecule has 0 spiro atoms. The van der Waals surface area contributed by atoms with Gasteiger partial charge in [-0.05, 0) is 61.4 Å². The van der Waals surface area contributed by atoms with Crippen LogP contribution in [0.3, 0.4) is 0 Å². The number of halogens is 1. The van der Waals surface area contributed by atoms with Gasteiger partial charge < -0.3 is 14.2 Å². The minimum Gasteiger partial charge on any atom is -0.497 e. The molecule has 3 aromatic carbocycles. The number of carbonyl (C=O) groups is 5. The molecule has 2 atom stereocenters. The summed E-state index contributed by atoms with van der Waals surface area (Å²) < 4.78 is 17.0. The third kappa shape index (κ3) is 11.1. The summed E-state index contributed by atoms with van der Waals surface area (Å²) in [7, 11) is 1.47. The van der Waals surface area contributed by atoms with Crippen LogP contribution in [-0.2, 0) is 25.6 Å². The Labute approximate surface area is 317 Å². The normalized spacial score (nSPS) is 14.7. The fraction of sp³-hybridized carbons (Fsp3) is 0.439. The number of hydrogen-bond donors (Lipinski definition) is 0. The molecule has 11 nitrogen and oxygen atoms in total. The van der Waals surface area contributed by atoms with Gasteiger partial charge in [0.15, 0.2) is 11.8 Å². The second kappa shape index (κ2) is 21.1. The van der Waals surface area contributed by atoms with E-state index >= 15 is 0 Å². The van der Waals surface area contributed by atoms with Crippen molar-refractivity contribution in [3.05, 3.63) is 95.6 Å². The number of unbranched alkanes of at least 4 members (excludes halogenated alkanes) is 9. The number of carbonyl (C=O) groups excluding carboxylic acids is 5. The number of ether oxygens (including phenoxy) is 3. The van der Waals surface area contributed by atoms with E-state index in [-0.39, 0.29) is 36.6 Å². The number of imide groups is 1. The molecule has 4 rings (SSSR count). The zero-order valence-electron chi connectivity index (χ0n) is 30.8. The minimum atomic E-state index is -2.00. The molecule has 284 valence electrons. The molecule has 0 N–H and O–H groups in total. The van der Waals surface area contributed by atoms with E-state index in [4.69, 9.17) is 26.0 Å². The lowest BCUT2D eigenvalue weighted by atomic mass is 10.0. The van der Waals surface area contributed by atoms with Crippen molar-refractivity contribution in [1.29, 1.82) is 0 Å². The Morgan fingerprint density at radius 3 is 2.06 bits per heavy atom. The van der Waals surface area contributed by atoms with Gasteiger partial charge in [-0.3, -0.25) is 19.3 Å². The van der Waals surface area contributed by atoms with Crippen LogP contribution in [0.25, 0.3) is 0 Å². The summed E-state index contributed by atoms with van der Waals surface area (Å²) in [5, 5.41) is 0. The molecule has 0 bridgehead atoms.